The Morgan fingerprint density at radius 3 is 2.72 bits per heavy atom. The lowest BCUT2D eigenvalue weighted by Gasteiger charge is -2.33. The van der Waals surface area contributed by atoms with Crippen LogP contribution in [0.1, 0.15) is 40.7 Å². The topological polar surface area (TPSA) is 101 Å². The second kappa shape index (κ2) is 15.0. The van der Waals surface area contributed by atoms with E-state index in [1.54, 1.807) is 18.2 Å². The number of anilines is 2. The molecule has 4 atom stereocenters. The number of likely N-dealkylation sites (tertiary alicyclic amines) is 1. The van der Waals surface area contributed by atoms with Crippen molar-refractivity contribution < 1.29 is 41.4 Å². The van der Waals surface area contributed by atoms with Gasteiger partial charge in [0.05, 0.1) is 38.3 Å². The molecule has 3 aliphatic rings. The number of ether oxygens (including phenoxy) is 3. The van der Waals surface area contributed by atoms with Crippen molar-refractivity contribution >= 4 is 29.5 Å². The molecule has 2 aliphatic heterocycles. The van der Waals surface area contributed by atoms with Gasteiger partial charge in [0.15, 0.2) is 6.10 Å². The molecule has 2 saturated heterocycles. The summed E-state index contributed by atoms with van der Waals surface area (Å²) in [6.45, 7) is 1.30. The molecule has 252 valence electrons. The van der Waals surface area contributed by atoms with Gasteiger partial charge in [-0.1, -0.05) is 24.0 Å². The summed E-state index contributed by atoms with van der Waals surface area (Å²) in [5, 5.41) is 9.12. The predicted molar refractivity (Wildman–Crippen MR) is 169 cm³/mol. The normalized spacial score (nSPS) is 22.8. The zero-order chi connectivity index (χ0) is 33.6. The zero-order valence-electron chi connectivity index (χ0n) is 26.2. The van der Waals surface area contributed by atoms with Crippen LogP contribution in [0.2, 0.25) is 0 Å². The number of amides is 1. The van der Waals surface area contributed by atoms with Crippen molar-refractivity contribution in [3.8, 4) is 17.6 Å². The highest BCUT2D eigenvalue weighted by molar-refractivity contribution is 5.95. The van der Waals surface area contributed by atoms with Crippen LogP contribution in [0.25, 0.3) is 6.08 Å². The van der Waals surface area contributed by atoms with E-state index in [9.17, 15) is 27.2 Å². The van der Waals surface area contributed by atoms with Crippen LogP contribution in [0.5, 0.6) is 5.75 Å². The number of hydrogen-bond donors (Lipinski definition) is 3. The van der Waals surface area contributed by atoms with Crippen LogP contribution in [0.4, 0.5) is 33.7 Å². The Morgan fingerprint density at radius 1 is 1.17 bits per heavy atom. The van der Waals surface area contributed by atoms with Gasteiger partial charge in [-0.05, 0) is 62.2 Å². The molecule has 2 aromatic carbocycles. The molecule has 0 saturated carbocycles. The summed E-state index contributed by atoms with van der Waals surface area (Å²) in [5.74, 6) is 5.09. The van der Waals surface area contributed by atoms with Crippen molar-refractivity contribution in [1.82, 2.24) is 10.2 Å². The van der Waals surface area contributed by atoms with E-state index in [4.69, 9.17) is 14.2 Å². The number of nitrogens with zero attached hydrogens (tertiary/aromatic N) is 1. The predicted octanol–water partition coefficient (Wildman–Crippen LogP) is 5.43. The molecule has 3 N–H and O–H groups in total. The first-order valence-corrected chi connectivity index (χ1v) is 15.5. The maximum absolute atomic E-state index is 14.9. The molecule has 2 fully saturated rings. The summed E-state index contributed by atoms with van der Waals surface area (Å²) in [7, 11) is 3.32. The molecule has 2 heterocycles. The summed E-state index contributed by atoms with van der Waals surface area (Å²) in [5.41, 5.74) is 3.55. The lowest BCUT2D eigenvalue weighted by atomic mass is 9.91. The van der Waals surface area contributed by atoms with Crippen molar-refractivity contribution in [2.24, 2.45) is 5.92 Å². The van der Waals surface area contributed by atoms with E-state index in [-0.39, 0.29) is 26.1 Å². The molecule has 13 heteroatoms. The standard InChI is InChI=1S/C34H38F4N4O5/c1-42-14-12-29(27(35)19-42)41-28-7-3-5-21-8-9-24(17-34(36,37)38)22(15-26(21)28)6-4-13-39-30-11-10-23(16-31(30)45-2)32(43)40-18-25-20-46-33(44)47-25/h3,5,7,10-11,15-16,24-25,27,29,39,41H,8-9,12-14,17-20H2,1-2H3,(H,40,43)/t24?,25?,27-,29+/m0/s1. The van der Waals surface area contributed by atoms with E-state index in [1.807, 2.05) is 30.1 Å². The Labute approximate surface area is 271 Å². The first-order valence-electron chi connectivity index (χ1n) is 15.5. The summed E-state index contributed by atoms with van der Waals surface area (Å²) in [6.07, 6.45) is -4.72. The molecule has 0 radical (unpaired) electrons. The highest BCUT2D eigenvalue weighted by Crippen LogP contribution is 2.38. The lowest BCUT2D eigenvalue weighted by molar-refractivity contribution is -0.141. The number of cyclic esters (lactones) is 2. The fourth-order valence-corrected chi connectivity index (χ4v) is 5.97. The second-order valence-electron chi connectivity index (χ2n) is 11.9. The number of halogens is 4. The largest absolute Gasteiger partial charge is 0.508 e. The molecule has 2 aromatic rings. The summed E-state index contributed by atoms with van der Waals surface area (Å²) < 4.78 is 70.9. The fourth-order valence-electron chi connectivity index (χ4n) is 5.97. The number of alkyl halides is 4. The highest BCUT2D eigenvalue weighted by atomic mass is 19.4. The number of fused-ring (bicyclic) bond motifs is 1. The fraction of sp³-hybridized carbons (Fsp3) is 0.471. The average Bonchev–Trinajstić information content (AvgIpc) is 3.37. The SMILES string of the molecule is COc1cc(C(=O)NCC2COC(=O)O2)ccc1NCC#CC1=Cc2c(cccc2N[C@@H]2CCN(C)C[C@@H]2F)CCC1CC(F)(F)F. The van der Waals surface area contributed by atoms with E-state index in [2.05, 4.69) is 27.8 Å². The minimum Gasteiger partial charge on any atom is -0.495 e. The Kier molecular flexibility index (Phi) is 10.8. The number of methoxy groups -OCH3 is 1. The number of carbonyl (C=O) groups is 2. The Hall–Kier alpha value is -4.44. The summed E-state index contributed by atoms with van der Waals surface area (Å²) in [6, 6.07) is 9.94. The molecule has 2 unspecified atom stereocenters. The first-order chi connectivity index (χ1) is 22.5. The van der Waals surface area contributed by atoms with Crippen LogP contribution in [0.15, 0.2) is 42.0 Å². The Morgan fingerprint density at radius 2 is 2.00 bits per heavy atom. The minimum absolute atomic E-state index is 0.0583. The van der Waals surface area contributed by atoms with Crippen LogP contribution in [-0.2, 0) is 15.9 Å². The third kappa shape index (κ3) is 9.10. The van der Waals surface area contributed by atoms with E-state index in [0.717, 1.165) is 17.7 Å². The van der Waals surface area contributed by atoms with Gasteiger partial charge in [0.25, 0.3) is 5.91 Å². The summed E-state index contributed by atoms with van der Waals surface area (Å²) in [4.78, 5) is 25.6. The van der Waals surface area contributed by atoms with E-state index in [0.29, 0.717) is 47.6 Å². The van der Waals surface area contributed by atoms with Gasteiger partial charge < -0.3 is 35.1 Å². The third-order valence-corrected chi connectivity index (χ3v) is 8.47. The van der Waals surface area contributed by atoms with Gasteiger partial charge in [-0.25, -0.2) is 9.18 Å². The number of piperidine rings is 1. The maximum atomic E-state index is 14.9. The molecule has 0 spiro atoms. The van der Waals surface area contributed by atoms with Crippen LogP contribution < -0.4 is 20.7 Å². The Balaban J connectivity index is 1.30. The second-order valence-corrected chi connectivity index (χ2v) is 11.9. The van der Waals surface area contributed by atoms with E-state index in [1.165, 1.54) is 13.2 Å². The van der Waals surface area contributed by atoms with Crippen LogP contribution in [0.3, 0.4) is 0 Å². The highest BCUT2D eigenvalue weighted by Gasteiger charge is 2.35. The number of hydrogen-bond acceptors (Lipinski definition) is 8. The van der Waals surface area contributed by atoms with Gasteiger partial charge in [0, 0.05) is 41.4 Å². The molecule has 1 amide bonds. The molecule has 0 aromatic heterocycles. The Bertz CT molecular complexity index is 1550. The van der Waals surface area contributed by atoms with Crippen molar-refractivity contribution in [3.05, 3.63) is 58.7 Å². The van der Waals surface area contributed by atoms with Crippen molar-refractivity contribution in [2.45, 2.75) is 50.2 Å². The zero-order valence-corrected chi connectivity index (χ0v) is 26.2. The van der Waals surface area contributed by atoms with E-state index >= 15 is 0 Å². The minimum atomic E-state index is -4.37. The van der Waals surface area contributed by atoms with Crippen molar-refractivity contribution in [2.75, 3.05) is 57.6 Å². The number of allylic oxidation sites excluding steroid dienone is 1. The maximum Gasteiger partial charge on any atom is 0.508 e. The monoisotopic (exact) mass is 658 g/mol. The van der Waals surface area contributed by atoms with Crippen molar-refractivity contribution in [1.29, 1.82) is 0 Å². The molecule has 47 heavy (non-hydrogen) atoms. The third-order valence-electron chi connectivity index (χ3n) is 8.47. The van der Waals surface area contributed by atoms with Crippen LogP contribution in [0, 0.1) is 17.8 Å². The quantitative estimate of drug-likeness (QED) is 0.187. The summed E-state index contributed by atoms with van der Waals surface area (Å²) >= 11 is 0. The van der Waals surface area contributed by atoms with E-state index < -0.39 is 48.9 Å². The average molecular weight is 659 g/mol. The van der Waals surface area contributed by atoms with Gasteiger partial charge in [-0.15, -0.1) is 0 Å². The van der Waals surface area contributed by atoms with Gasteiger partial charge in [-0.2, -0.15) is 13.2 Å². The van der Waals surface area contributed by atoms with Gasteiger partial charge in [0.1, 0.15) is 18.5 Å². The van der Waals surface area contributed by atoms with Crippen LogP contribution >= 0.6 is 0 Å². The van der Waals surface area contributed by atoms with Gasteiger partial charge >= 0.3 is 12.3 Å². The number of aryl methyl sites for hydroxylation is 1. The molecule has 1 aliphatic carbocycles. The van der Waals surface area contributed by atoms with Gasteiger partial charge in [0.2, 0.25) is 0 Å². The first kappa shape index (κ1) is 33.9. The number of benzene rings is 2. The number of carbonyl (C=O) groups excluding carboxylic acids is 2. The molecular weight excluding hydrogens is 620 g/mol. The lowest BCUT2D eigenvalue weighted by Crippen LogP contribution is -2.46. The van der Waals surface area contributed by atoms with Crippen LogP contribution in [-0.4, -0.2) is 88.4 Å². The number of rotatable bonds is 9. The molecule has 5 rings (SSSR count). The molecule has 9 nitrogen and oxygen atoms in total. The molecular formula is C34H38F4N4O5. The molecule has 0 bridgehead atoms. The van der Waals surface area contributed by atoms with Gasteiger partial charge in [-0.3, -0.25) is 4.79 Å². The number of nitrogens with one attached hydrogen (secondary N) is 3. The smallest absolute Gasteiger partial charge is 0.495 e. The van der Waals surface area contributed by atoms with Crippen molar-refractivity contribution in [3.63, 3.8) is 0 Å².